The molecule has 6 nitrogen and oxygen atoms in total. The SMILES string of the molecule is Cc1ccccc1CC(=O)Nc1cc(S(=O)(=O)N(C)C)ccc1N(C)C. The molecule has 140 valence electrons. The van der Waals surface area contributed by atoms with Crippen LogP contribution in [0.3, 0.4) is 0 Å². The van der Waals surface area contributed by atoms with Crippen LogP contribution in [0.5, 0.6) is 0 Å². The lowest BCUT2D eigenvalue weighted by Gasteiger charge is -2.20. The zero-order chi connectivity index (χ0) is 19.5. The maximum absolute atomic E-state index is 12.5. The molecular weight excluding hydrogens is 350 g/mol. The van der Waals surface area contributed by atoms with Crippen LogP contribution in [0, 0.1) is 6.92 Å². The summed E-state index contributed by atoms with van der Waals surface area (Å²) in [5.41, 5.74) is 3.19. The first-order valence-electron chi connectivity index (χ1n) is 8.21. The van der Waals surface area contributed by atoms with E-state index in [2.05, 4.69) is 5.32 Å². The number of anilines is 2. The molecule has 1 N–H and O–H groups in total. The van der Waals surface area contributed by atoms with Gasteiger partial charge in [-0.2, -0.15) is 0 Å². The lowest BCUT2D eigenvalue weighted by molar-refractivity contribution is -0.115. The van der Waals surface area contributed by atoms with E-state index in [1.54, 1.807) is 12.1 Å². The van der Waals surface area contributed by atoms with Gasteiger partial charge in [-0.3, -0.25) is 4.79 Å². The Morgan fingerprint density at radius 2 is 1.69 bits per heavy atom. The lowest BCUT2D eigenvalue weighted by atomic mass is 10.1. The van der Waals surface area contributed by atoms with Gasteiger partial charge in [-0.15, -0.1) is 0 Å². The van der Waals surface area contributed by atoms with Crippen molar-refractivity contribution in [1.82, 2.24) is 4.31 Å². The summed E-state index contributed by atoms with van der Waals surface area (Å²) in [5, 5.41) is 2.86. The summed E-state index contributed by atoms with van der Waals surface area (Å²) < 4.78 is 25.9. The van der Waals surface area contributed by atoms with Crippen LogP contribution < -0.4 is 10.2 Å². The number of hydrogen-bond acceptors (Lipinski definition) is 4. The van der Waals surface area contributed by atoms with Crippen molar-refractivity contribution in [3.8, 4) is 0 Å². The van der Waals surface area contributed by atoms with Gasteiger partial charge in [-0.25, -0.2) is 12.7 Å². The average molecular weight is 375 g/mol. The van der Waals surface area contributed by atoms with Crippen molar-refractivity contribution in [3.05, 3.63) is 53.6 Å². The molecule has 0 aliphatic heterocycles. The summed E-state index contributed by atoms with van der Waals surface area (Å²) in [7, 11) is 3.06. The Kier molecular flexibility index (Phi) is 6.05. The fourth-order valence-corrected chi connectivity index (χ4v) is 3.48. The first-order valence-corrected chi connectivity index (χ1v) is 9.65. The topological polar surface area (TPSA) is 69.7 Å². The molecule has 2 aromatic carbocycles. The Hall–Kier alpha value is -2.38. The van der Waals surface area contributed by atoms with Gasteiger partial charge in [0.2, 0.25) is 15.9 Å². The van der Waals surface area contributed by atoms with Crippen molar-refractivity contribution in [3.63, 3.8) is 0 Å². The molecule has 0 spiro atoms. The number of rotatable bonds is 6. The van der Waals surface area contributed by atoms with Crippen molar-refractivity contribution in [2.75, 3.05) is 38.4 Å². The van der Waals surface area contributed by atoms with E-state index in [0.29, 0.717) is 5.69 Å². The third-order valence-corrected chi connectivity index (χ3v) is 5.93. The van der Waals surface area contributed by atoms with Gasteiger partial charge in [-0.1, -0.05) is 24.3 Å². The van der Waals surface area contributed by atoms with E-state index < -0.39 is 10.0 Å². The van der Waals surface area contributed by atoms with Gasteiger partial charge in [-0.05, 0) is 36.2 Å². The highest BCUT2D eigenvalue weighted by molar-refractivity contribution is 7.89. The molecule has 7 heteroatoms. The lowest BCUT2D eigenvalue weighted by Crippen LogP contribution is -2.23. The van der Waals surface area contributed by atoms with Gasteiger partial charge < -0.3 is 10.2 Å². The molecule has 0 atom stereocenters. The maximum atomic E-state index is 12.5. The van der Waals surface area contributed by atoms with Crippen LogP contribution in [0.25, 0.3) is 0 Å². The molecule has 2 aromatic rings. The number of sulfonamides is 1. The molecule has 0 aliphatic rings. The van der Waals surface area contributed by atoms with E-state index in [0.717, 1.165) is 21.1 Å². The number of amides is 1. The Morgan fingerprint density at radius 3 is 2.27 bits per heavy atom. The van der Waals surface area contributed by atoms with E-state index in [9.17, 15) is 13.2 Å². The average Bonchev–Trinajstić information content (AvgIpc) is 2.56. The van der Waals surface area contributed by atoms with E-state index in [1.807, 2.05) is 50.2 Å². The number of carbonyl (C=O) groups excluding carboxylic acids is 1. The second kappa shape index (κ2) is 7.88. The Bertz CT molecular complexity index is 906. The Balaban J connectivity index is 2.34. The van der Waals surface area contributed by atoms with Crippen LogP contribution in [-0.4, -0.2) is 46.8 Å². The molecular formula is C19H25N3O3S. The van der Waals surface area contributed by atoms with E-state index in [4.69, 9.17) is 0 Å². The predicted molar refractivity (Wildman–Crippen MR) is 105 cm³/mol. The zero-order valence-corrected chi connectivity index (χ0v) is 16.6. The number of aryl methyl sites for hydroxylation is 1. The summed E-state index contributed by atoms with van der Waals surface area (Å²) in [5.74, 6) is -0.193. The van der Waals surface area contributed by atoms with E-state index >= 15 is 0 Å². The van der Waals surface area contributed by atoms with Crippen LogP contribution >= 0.6 is 0 Å². The van der Waals surface area contributed by atoms with Gasteiger partial charge in [0.25, 0.3) is 0 Å². The molecule has 0 aliphatic carbocycles. The number of nitrogens with one attached hydrogen (secondary N) is 1. The minimum absolute atomic E-state index is 0.138. The largest absolute Gasteiger partial charge is 0.376 e. The Labute approximate surface area is 155 Å². The van der Waals surface area contributed by atoms with Crippen molar-refractivity contribution in [1.29, 1.82) is 0 Å². The summed E-state index contributed by atoms with van der Waals surface area (Å²) in [4.78, 5) is 14.5. The van der Waals surface area contributed by atoms with E-state index in [1.165, 1.54) is 20.2 Å². The normalized spacial score (nSPS) is 11.5. The van der Waals surface area contributed by atoms with E-state index in [-0.39, 0.29) is 17.2 Å². The second-order valence-electron chi connectivity index (χ2n) is 6.51. The fraction of sp³-hybridized carbons (Fsp3) is 0.316. The third-order valence-electron chi connectivity index (χ3n) is 4.11. The number of hydrogen-bond donors (Lipinski definition) is 1. The Morgan fingerprint density at radius 1 is 1.04 bits per heavy atom. The highest BCUT2D eigenvalue weighted by atomic mass is 32.2. The molecule has 26 heavy (non-hydrogen) atoms. The van der Waals surface area contributed by atoms with Gasteiger partial charge >= 0.3 is 0 Å². The minimum Gasteiger partial charge on any atom is -0.376 e. The monoisotopic (exact) mass is 375 g/mol. The first kappa shape index (κ1) is 19.9. The summed E-state index contributed by atoms with van der Waals surface area (Å²) in [6.07, 6.45) is 0.226. The zero-order valence-electron chi connectivity index (χ0n) is 15.8. The summed E-state index contributed by atoms with van der Waals surface area (Å²) in [6.45, 7) is 1.96. The standard InChI is InChI=1S/C19H25N3O3S/c1-14-8-6-7-9-15(14)12-19(23)20-17-13-16(26(24,25)22(4)5)10-11-18(17)21(2)3/h6-11,13H,12H2,1-5H3,(H,20,23). The molecule has 0 bridgehead atoms. The smallest absolute Gasteiger partial charge is 0.242 e. The molecule has 0 heterocycles. The van der Waals surface area contributed by atoms with Crippen LogP contribution in [0.2, 0.25) is 0 Å². The minimum atomic E-state index is -3.58. The van der Waals surface area contributed by atoms with Gasteiger partial charge in [0, 0.05) is 28.2 Å². The highest BCUT2D eigenvalue weighted by Crippen LogP contribution is 2.28. The third kappa shape index (κ3) is 4.42. The molecule has 2 rings (SSSR count). The van der Waals surface area contributed by atoms with Crippen LogP contribution in [0.1, 0.15) is 11.1 Å². The van der Waals surface area contributed by atoms with Gasteiger partial charge in [0.1, 0.15) is 0 Å². The number of benzene rings is 2. The van der Waals surface area contributed by atoms with Crippen molar-refractivity contribution < 1.29 is 13.2 Å². The molecule has 0 saturated carbocycles. The molecule has 0 aromatic heterocycles. The van der Waals surface area contributed by atoms with Crippen LogP contribution in [0.4, 0.5) is 11.4 Å². The van der Waals surface area contributed by atoms with Crippen molar-refractivity contribution in [2.45, 2.75) is 18.2 Å². The first-order chi connectivity index (χ1) is 12.1. The van der Waals surface area contributed by atoms with Gasteiger partial charge in [0.05, 0.1) is 22.7 Å². The molecule has 0 unspecified atom stereocenters. The van der Waals surface area contributed by atoms with Crippen molar-refractivity contribution >= 4 is 27.3 Å². The second-order valence-corrected chi connectivity index (χ2v) is 8.66. The van der Waals surface area contributed by atoms with Gasteiger partial charge in [0.15, 0.2) is 0 Å². The molecule has 0 saturated heterocycles. The van der Waals surface area contributed by atoms with Crippen LogP contribution in [-0.2, 0) is 21.2 Å². The fourth-order valence-electron chi connectivity index (χ4n) is 2.55. The maximum Gasteiger partial charge on any atom is 0.242 e. The van der Waals surface area contributed by atoms with Crippen molar-refractivity contribution in [2.24, 2.45) is 0 Å². The molecule has 0 radical (unpaired) electrons. The number of carbonyl (C=O) groups is 1. The predicted octanol–water partition coefficient (Wildman–Crippen LogP) is 2.49. The highest BCUT2D eigenvalue weighted by Gasteiger charge is 2.20. The molecule has 0 fully saturated rings. The quantitative estimate of drug-likeness (QED) is 0.842. The summed E-state index contributed by atoms with van der Waals surface area (Å²) >= 11 is 0. The summed E-state index contributed by atoms with van der Waals surface area (Å²) in [6, 6.07) is 12.4. The number of nitrogens with zero attached hydrogens (tertiary/aromatic N) is 2. The molecule has 1 amide bonds. The van der Waals surface area contributed by atoms with Crippen LogP contribution in [0.15, 0.2) is 47.4 Å².